The number of rotatable bonds is 12. The van der Waals surface area contributed by atoms with Crippen LogP contribution >= 0.6 is 0 Å². The Morgan fingerprint density at radius 1 is 1.02 bits per heavy atom. The smallest absolute Gasteiger partial charge is 0.356 e. The van der Waals surface area contributed by atoms with Crippen molar-refractivity contribution in [2.24, 2.45) is 11.6 Å². The quantitative estimate of drug-likeness (QED) is 0.0962. The minimum atomic E-state index is -0.695. The standard InChI is InChI=1S/C27H34N8O5/c1-5-18(15-30-24-25(34-40-33-24)35(29)16(3)23(28)27(38)39-6-2)19-9-7-12-22(13-19)32-26(37)20-10-8-11-21(14-20)31-17(4)36/h7-14,18H,5-6,15,28-29H2,1-4H3,(H,30,33)(H,31,36)(H,32,37)/b23-16-. The monoisotopic (exact) mass is 550 g/mol. The fourth-order valence-electron chi connectivity index (χ4n) is 3.83. The maximum atomic E-state index is 12.8. The maximum absolute atomic E-state index is 12.8. The van der Waals surface area contributed by atoms with E-state index in [0.29, 0.717) is 23.5 Å². The summed E-state index contributed by atoms with van der Waals surface area (Å²) in [7, 11) is 0. The average Bonchev–Trinajstić information content (AvgIpc) is 3.41. The summed E-state index contributed by atoms with van der Waals surface area (Å²) in [5, 5.41) is 17.6. The summed E-state index contributed by atoms with van der Waals surface area (Å²) < 4.78 is 9.80. The van der Waals surface area contributed by atoms with Crippen LogP contribution in [0.1, 0.15) is 56.0 Å². The lowest BCUT2D eigenvalue weighted by Crippen LogP contribution is -2.34. The van der Waals surface area contributed by atoms with Gasteiger partial charge in [-0.2, -0.15) is 0 Å². The van der Waals surface area contributed by atoms with Crippen LogP contribution in [0.25, 0.3) is 0 Å². The van der Waals surface area contributed by atoms with Crippen LogP contribution in [0, 0.1) is 0 Å². The third kappa shape index (κ3) is 7.57. The molecule has 212 valence electrons. The summed E-state index contributed by atoms with van der Waals surface area (Å²) in [5.41, 5.74) is 8.48. The SMILES string of the molecule is CCOC(=O)/C(N)=C(\C)N(N)c1nonc1NCC(CC)c1cccc(NC(=O)c2cccc(NC(C)=O)c2)c1. The molecule has 0 aliphatic rings. The van der Waals surface area contributed by atoms with Crippen molar-refractivity contribution in [3.8, 4) is 0 Å². The Morgan fingerprint density at radius 2 is 1.73 bits per heavy atom. The molecule has 0 aliphatic carbocycles. The molecule has 2 amide bonds. The molecular weight excluding hydrogens is 516 g/mol. The Labute approximate surface area is 231 Å². The molecule has 3 rings (SSSR count). The summed E-state index contributed by atoms with van der Waals surface area (Å²) in [6.07, 6.45) is 0.769. The third-order valence-electron chi connectivity index (χ3n) is 6.02. The van der Waals surface area contributed by atoms with Crippen molar-refractivity contribution >= 4 is 40.8 Å². The van der Waals surface area contributed by atoms with Crippen LogP contribution in [0.3, 0.4) is 0 Å². The first-order valence-electron chi connectivity index (χ1n) is 12.7. The van der Waals surface area contributed by atoms with Gasteiger partial charge in [0.15, 0.2) is 0 Å². The van der Waals surface area contributed by atoms with Gasteiger partial charge in [-0.3, -0.25) is 14.6 Å². The van der Waals surface area contributed by atoms with Gasteiger partial charge in [0.25, 0.3) is 5.91 Å². The summed E-state index contributed by atoms with van der Waals surface area (Å²) in [6.45, 7) is 7.28. The Balaban J connectivity index is 1.70. The average molecular weight is 551 g/mol. The number of nitrogens with zero attached hydrogens (tertiary/aromatic N) is 3. The zero-order valence-corrected chi connectivity index (χ0v) is 22.9. The minimum absolute atomic E-state index is 0.0250. The molecule has 3 aromatic rings. The largest absolute Gasteiger partial charge is 0.461 e. The van der Waals surface area contributed by atoms with Crippen LogP contribution in [-0.2, 0) is 14.3 Å². The van der Waals surface area contributed by atoms with Gasteiger partial charge in [-0.05, 0) is 66.5 Å². The number of aromatic nitrogens is 2. The Bertz CT molecular complexity index is 1390. The number of esters is 1. The molecule has 1 unspecified atom stereocenters. The molecule has 0 aliphatic heterocycles. The molecule has 13 nitrogen and oxygen atoms in total. The van der Waals surface area contributed by atoms with Gasteiger partial charge < -0.3 is 26.4 Å². The zero-order chi connectivity index (χ0) is 29.2. The van der Waals surface area contributed by atoms with Crippen LogP contribution in [0.2, 0.25) is 0 Å². The van der Waals surface area contributed by atoms with Crippen molar-refractivity contribution in [3.63, 3.8) is 0 Å². The van der Waals surface area contributed by atoms with Crippen molar-refractivity contribution in [3.05, 3.63) is 71.1 Å². The second-order valence-corrected chi connectivity index (χ2v) is 8.85. The van der Waals surface area contributed by atoms with Gasteiger partial charge in [0.05, 0.1) is 12.3 Å². The van der Waals surface area contributed by atoms with E-state index in [1.807, 2.05) is 25.1 Å². The number of nitrogens with two attached hydrogens (primary N) is 2. The first-order valence-corrected chi connectivity index (χ1v) is 12.7. The summed E-state index contributed by atoms with van der Waals surface area (Å²) in [4.78, 5) is 36.2. The Morgan fingerprint density at radius 3 is 2.40 bits per heavy atom. The van der Waals surface area contributed by atoms with Crippen molar-refractivity contribution in [1.29, 1.82) is 0 Å². The molecule has 0 saturated heterocycles. The van der Waals surface area contributed by atoms with Gasteiger partial charge in [0, 0.05) is 36.3 Å². The molecule has 1 heterocycles. The molecule has 0 fully saturated rings. The molecule has 1 aromatic heterocycles. The van der Waals surface area contributed by atoms with Gasteiger partial charge in [-0.25, -0.2) is 15.3 Å². The number of hydrogen-bond acceptors (Lipinski definition) is 11. The topological polar surface area (TPSA) is 191 Å². The molecule has 0 spiro atoms. The number of ether oxygens (including phenoxy) is 1. The lowest BCUT2D eigenvalue weighted by molar-refractivity contribution is -0.138. The van der Waals surface area contributed by atoms with E-state index in [0.717, 1.165) is 17.0 Å². The van der Waals surface area contributed by atoms with Crippen molar-refractivity contribution in [2.45, 2.75) is 40.0 Å². The highest BCUT2D eigenvalue weighted by molar-refractivity contribution is 6.05. The predicted octanol–water partition coefficient (Wildman–Crippen LogP) is 3.32. The van der Waals surface area contributed by atoms with E-state index in [2.05, 4.69) is 26.3 Å². The normalized spacial score (nSPS) is 12.1. The number of hydrazine groups is 1. The lowest BCUT2D eigenvalue weighted by atomic mass is 9.96. The van der Waals surface area contributed by atoms with Crippen LogP contribution in [0.4, 0.5) is 23.0 Å². The number of benzene rings is 2. The van der Waals surface area contributed by atoms with Crippen molar-refractivity contribution < 1.29 is 23.7 Å². The van der Waals surface area contributed by atoms with Crippen molar-refractivity contribution in [1.82, 2.24) is 10.3 Å². The first-order chi connectivity index (χ1) is 19.1. The number of carbonyl (C=O) groups is 3. The minimum Gasteiger partial charge on any atom is -0.461 e. The van der Waals surface area contributed by atoms with Gasteiger partial charge in [-0.15, -0.1) is 0 Å². The van der Waals surface area contributed by atoms with Crippen LogP contribution < -0.4 is 32.5 Å². The summed E-state index contributed by atoms with van der Waals surface area (Å²) in [5.74, 6) is 5.35. The summed E-state index contributed by atoms with van der Waals surface area (Å²) >= 11 is 0. The van der Waals surface area contributed by atoms with Crippen LogP contribution in [0.5, 0.6) is 0 Å². The van der Waals surface area contributed by atoms with E-state index < -0.39 is 5.97 Å². The molecule has 13 heteroatoms. The van der Waals surface area contributed by atoms with E-state index in [4.69, 9.17) is 20.9 Å². The number of nitrogens with one attached hydrogen (secondary N) is 3. The molecule has 0 bridgehead atoms. The Kier molecular flexibility index (Phi) is 10.2. The zero-order valence-electron chi connectivity index (χ0n) is 22.9. The molecule has 2 aromatic carbocycles. The summed E-state index contributed by atoms with van der Waals surface area (Å²) in [6, 6.07) is 14.2. The highest BCUT2D eigenvalue weighted by Crippen LogP contribution is 2.27. The number of hydrogen-bond donors (Lipinski definition) is 5. The van der Waals surface area contributed by atoms with Gasteiger partial charge in [0.1, 0.15) is 5.70 Å². The predicted molar refractivity (Wildman–Crippen MR) is 151 cm³/mol. The van der Waals surface area contributed by atoms with Crippen molar-refractivity contribution in [2.75, 3.05) is 34.1 Å². The van der Waals surface area contributed by atoms with E-state index in [1.165, 1.54) is 6.92 Å². The van der Waals surface area contributed by atoms with Crippen LogP contribution in [0.15, 0.2) is 64.6 Å². The maximum Gasteiger partial charge on any atom is 0.356 e. The highest BCUT2D eigenvalue weighted by atomic mass is 16.6. The van der Waals surface area contributed by atoms with Crippen LogP contribution in [-0.4, -0.2) is 41.2 Å². The van der Waals surface area contributed by atoms with E-state index >= 15 is 0 Å². The van der Waals surface area contributed by atoms with E-state index in [9.17, 15) is 14.4 Å². The van der Waals surface area contributed by atoms with E-state index in [-0.39, 0.29) is 47.4 Å². The third-order valence-corrected chi connectivity index (χ3v) is 6.02. The second-order valence-electron chi connectivity index (χ2n) is 8.85. The molecular formula is C27H34N8O5. The Hall–Kier alpha value is -4.91. The molecule has 1 atom stereocenters. The molecule has 7 N–H and O–H groups in total. The van der Waals surface area contributed by atoms with Gasteiger partial charge in [0.2, 0.25) is 17.5 Å². The molecule has 0 radical (unpaired) electrons. The number of carbonyl (C=O) groups excluding carboxylic acids is 3. The first kappa shape index (κ1) is 29.6. The van der Waals surface area contributed by atoms with Gasteiger partial charge in [-0.1, -0.05) is 25.1 Å². The highest BCUT2D eigenvalue weighted by Gasteiger charge is 2.22. The number of amides is 2. The molecule has 0 saturated carbocycles. The fraction of sp³-hybridized carbons (Fsp3) is 0.296. The van der Waals surface area contributed by atoms with E-state index in [1.54, 1.807) is 44.2 Å². The fourth-order valence-corrected chi connectivity index (χ4v) is 3.83. The lowest BCUT2D eigenvalue weighted by Gasteiger charge is -2.20. The van der Waals surface area contributed by atoms with Gasteiger partial charge >= 0.3 is 5.97 Å². The molecule has 40 heavy (non-hydrogen) atoms. The number of anilines is 4. The number of allylic oxidation sites excluding steroid dienone is 1. The second kappa shape index (κ2) is 13.8.